The van der Waals surface area contributed by atoms with Crippen molar-refractivity contribution in [3.63, 3.8) is 0 Å². The molecule has 0 bridgehead atoms. The average Bonchev–Trinajstić information content (AvgIpc) is 2.43. The molecule has 106 valence electrons. The van der Waals surface area contributed by atoms with Crippen molar-refractivity contribution < 1.29 is 0 Å². The molecule has 0 heterocycles. The summed E-state index contributed by atoms with van der Waals surface area (Å²) in [5.74, 6) is 1.55. The zero-order valence-corrected chi connectivity index (χ0v) is 13.1. The van der Waals surface area contributed by atoms with Crippen molar-refractivity contribution in [1.29, 1.82) is 0 Å². The van der Waals surface area contributed by atoms with Gasteiger partial charge in [-0.2, -0.15) is 0 Å². The first-order valence-electron chi connectivity index (χ1n) is 7.29. The van der Waals surface area contributed by atoms with Crippen molar-refractivity contribution in [2.45, 2.75) is 51.5 Å². The molecule has 1 saturated carbocycles. The topological polar surface area (TPSA) is 26.0 Å². The lowest BCUT2D eigenvalue weighted by molar-refractivity contribution is 0.238. The van der Waals surface area contributed by atoms with Crippen molar-refractivity contribution in [3.8, 4) is 0 Å². The molecule has 0 spiro atoms. The Morgan fingerprint density at radius 1 is 1.21 bits per heavy atom. The lowest BCUT2D eigenvalue weighted by Gasteiger charge is -2.32. The molecule has 2 N–H and O–H groups in total. The Kier molecular flexibility index (Phi) is 5.56. The smallest absolute Gasteiger partial charge is 0.0439 e. The molecular formula is C16H23Cl2N. The molecule has 1 fully saturated rings. The van der Waals surface area contributed by atoms with E-state index in [9.17, 15) is 0 Å². The van der Waals surface area contributed by atoms with Crippen LogP contribution in [0, 0.1) is 11.8 Å². The van der Waals surface area contributed by atoms with Crippen molar-refractivity contribution in [2.75, 3.05) is 0 Å². The summed E-state index contributed by atoms with van der Waals surface area (Å²) < 4.78 is 0. The SMILES string of the molecule is CCC1CCC(C(N)Cc2cc(Cl)ccc2Cl)CC1. The highest BCUT2D eigenvalue weighted by molar-refractivity contribution is 6.33. The van der Waals surface area contributed by atoms with Crippen LogP contribution in [-0.4, -0.2) is 6.04 Å². The molecule has 1 atom stereocenters. The third kappa shape index (κ3) is 4.11. The monoisotopic (exact) mass is 299 g/mol. The van der Waals surface area contributed by atoms with Gasteiger partial charge in [0.2, 0.25) is 0 Å². The van der Waals surface area contributed by atoms with E-state index in [1.54, 1.807) is 0 Å². The number of halogens is 2. The summed E-state index contributed by atoms with van der Waals surface area (Å²) >= 11 is 12.2. The largest absolute Gasteiger partial charge is 0.327 e. The van der Waals surface area contributed by atoms with Crippen LogP contribution in [0.2, 0.25) is 10.0 Å². The third-order valence-corrected chi connectivity index (χ3v) is 5.14. The lowest BCUT2D eigenvalue weighted by Crippen LogP contribution is -2.35. The van der Waals surface area contributed by atoms with Crippen LogP contribution in [-0.2, 0) is 6.42 Å². The molecule has 19 heavy (non-hydrogen) atoms. The Morgan fingerprint density at radius 3 is 2.53 bits per heavy atom. The van der Waals surface area contributed by atoms with Gasteiger partial charge in [0.1, 0.15) is 0 Å². The van der Waals surface area contributed by atoms with Crippen molar-refractivity contribution in [1.82, 2.24) is 0 Å². The van der Waals surface area contributed by atoms with Gasteiger partial charge in [-0.25, -0.2) is 0 Å². The molecule has 1 unspecified atom stereocenters. The second-order valence-electron chi connectivity index (χ2n) is 5.79. The van der Waals surface area contributed by atoms with Crippen LogP contribution >= 0.6 is 23.2 Å². The van der Waals surface area contributed by atoms with Gasteiger partial charge in [0.15, 0.2) is 0 Å². The highest BCUT2D eigenvalue weighted by Gasteiger charge is 2.25. The van der Waals surface area contributed by atoms with Gasteiger partial charge in [0, 0.05) is 16.1 Å². The van der Waals surface area contributed by atoms with Crippen LogP contribution in [0.1, 0.15) is 44.6 Å². The minimum atomic E-state index is 0.203. The molecule has 2 rings (SSSR count). The van der Waals surface area contributed by atoms with Crippen LogP contribution in [0.25, 0.3) is 0 Å². The van der Waals surface area contributed by atoms with Gasteiger partial charge in [-0.05, 0) is 54.9 Å². The van der Waals surface area contributed by atoms with E-state index < -0.39 is 0 Å². The summed E-state index contributed by atoms with van der Waals surface area (Å²) in [6.07, 6.45) is 7.33. The minimum absolute atomic E-state index is 0.203. The van der Waals surface area contributed by atoms with Crippen molar-refractivity contribution in [2.24, 2.45) is 17.6 Å². The van der Waals surface area contributed by atoms with Gasteiger partial charge in [0.25, 0.3) is 0 Å². The van der Waals surface area contributed by atoms with E-state index in [-0.39, 0.29) is 6.04 Å². The van der Waals surface area contributed by atoms with E-state index in [1.165, 1.54) is 32.1 Å². The first-order valence-corrected chi connectivity index (χ1v) is 8.05. The highest BCUT2D eigenvalue weighted by Crippen LogP contribution is 2.33. The first kappa shape index (κ1) is 15.2. The van der Waals surface area contributed by atoms with E-state index in [0.717, 1.165) is 27.9 Å². The first-order chi connectivity index (χ1) is 9.10. The van der Waals surface area contributed by atoms with Crippen LogP contribution in [0.5, 0.6) is 0 Å². The summed E-state index contributed by atoms with van der Waals surface area (Å²) in [5.41, 5.74) is 7.47. The summed E-state index contributed by atoms with van der Waals surface area (Å²) in [4.78, 5) is 0. The van der Waals surface area contributed by atoms with Gasteiger partial charge < -0.3 is 5.73 Å². The fourth-order valence-electron chi connectivity index (χ4n) is 3.14. The molecule has 1 aliphatic rings. The Hall–Kier alpha value is -0.240. The number of nitrogens with two attached hydrogens (primary N) is 1. The maximum absolute atomic E-state index is 6.38. The Bertz CT molecular complexity index is 411. The Labute approximate surface area is 126 Å². The summed E-state index contributed by atoms with van der Waals surface area (Å²) in [6, 6.07) is 5.83. The molecule has 1 nitrogen and oxygen atoms in total. The predicted octanol–water partition coefficient (Wildman–Crippen LogP) is 5.08. The van der Waals surface area contributed by atoms with Crippen LogP contribution in [0.15, 0.2) is 18.2 Å². The lowest BCUT2D eigenvalue weighted by atomic mass is 9.76. The molecular weight excluding hydrogens is 277 g/mol. The quantitative estimate of drug-likeness (QED) is 0.824. The van der Waals surface area contributed by atoms with Gasteiger partial charge >= 0.3 is 0 Å². The van der Waals surface area contributed by atoms with Crippen molar-refractivity contribution >= 4 is 23.2 Å². The maximum Gasteiger partial charge on any atom is 0.0439 e. The molecule has 0 amide bonds. The maximum atomic E-state index is 6.38. The zero-order chi connectivity index (χ0) is 13.8. The van der Waals surface area contributed by atoms with E-state index in [4.69, 9.17) is 28.9 Å². The molecule has 1 aromatic rings. The molecule has 3 heteroatoms. The summed E-state index contributed by atoms with van der Waals surface area (Å²) in [5, 5.41) is 1.52. The zero-order valence-electron chi connectivity index (χ0n) is 11.5. The van der Waals surface area contributed by atoms with E-state index >= 15 is 0 Å². The number of hydrogen-bond acceptors (Lipinski definition) is 1. The molecule has 0 aliphatic heterocycles. The fourth-order valence-corrected chi connectivity index (χ4v) is 3.53. The molecule has 0 radical (unpaired) electrons. The molecule has 0 saturated heterocycles. The summed E-state index contributed by atoms with van der Waals surface area (Å²) in [7, 11) is 0. The predicted molar refractivity (Wildman–Crippen MR) is 83.9 cm³/mol. The standard InChI is InChI=1S/C16H23Cl2N/c1-2-11-3-5-12(6-4-11)16(19)10-13-9-14(17)7-8-15(13)18/h7-9,11-12,16H,2-6,10,19H2,1H3. The molecule has 1 aromatic carbocycles. The van der Waals surface area contributed by atoms with Gasteiger partial charge in [-0.15, -0.1) is 0 Å². The van der Waals surface area contributed by atoms with Crippen LogP contribution in [0.3, 0.4) is 0 Å². The van der Waals surface area contributed by atoms with E-state index in [0.29, 0.717) is 5.92 Å². The fraction of sp³-hybridized carbons (Fsp3) is 0.625. The number of rotatable bonds is 4. The van der Waals surface area contributed by atoms with E-state index in [2.05, 4.69) is 6.92 Å². The average molecular weight is 300 g/mol. The minimum Gasteiger partial charge on any atom is -0.327 e. The van der Waals surface area contributed by atoms with E-state index in [1.807, 2.05) is 18.2 Å². The highest BCUT2D eigenvalue weighted by atomic mass is 35.5. The van der Waals surface area contributed by atoms with Crippen LogP contribution < -0.4 is 5.73 Å². The van der Waals surface area contributed by atoms with Gasteiger partial charge in [-0.3, -0.25) is 0 Å². The second-order valence-corrected chi connectivity index (χ2v) is 6.64. The number of hydrogen-bond donors (Lipinski definition) is 1. The van der Waals surface area contributed by atoms with Crippen LogP contribution in [0.4, 0.5) is 0 Å². The van der Waals surface area contributed by atoms with Gasteiger partial charge in [-0.1, -0.05) is 49.4 Å². The molecule has 1 aliphatic carbocycles. The van der Waals surface area contributed by atoms with Gasteiger partial charge in [0.05, 0.1) is 0 Å². The normalized spacial score (nSPS) is 25.3. The second kappa shape index (κ2) is 6.97. The summed E-state index contributed by atoms with van der Waals surface area (Å²) in [6.45, 7) is 2.29. The Morgan fingerprint density at radius 2 is 1.89 bits per heavy atom. The number of benzene rings is 1. The Balaban J connectivity index is 1.94. The third-order valence-electron chi connectivity index (χ3n) is 4.54. The molecule has 0 aromatic heterocycles. The van der Waals surface area contributed by atoms with Crippen molar-refractivity contribution in [3.05, 3.63) is 33.8 Å².